The average Bonchev–Trinajstić information content (AvgIpc) is 2.80. The Balaban J connectivity index is 1.67. The summed E-state index contributed by atoms with van der Waals surface area (Å²) >= 11 is 12.9. The molecule has 1 N–H and O–H groups in total. The second-order valence-corrected chi connectivity index (χ2v) is 8.50. The molecule has 2 aliphatic heterocycles. The molecular weight excluding hydrogens is 422 g/mol. The van der Waals surface area contributed by atoms with E-state index < -0.39 is 5.97 Å². The van der Waals surface area contributed by atoms with Gasteiger partial charge in [0.15, 0.2) is 11.5 Å². The van der Waals surface area contributed by atoms with E-state index in [1.807, 2.05) is 6.07 Å². The maximum Gasteiger partial charge on any atom is 0.303 e. The van der Waals surface area contributed by atoms with Crippen LogP contribution in [0, 0.1) is 0 Å². The van der Waals surface area contributed by atoms with Crippen molar-refractivity contribution in [2.75, 3.05) is 19.8 Å². The second kappa shape index (κ2) is 9.62. The van der Waals surface area contributed by atoms with E-state index in [1.165, 1.54) is 11.8 Å². The van der Waals surface area contributed by atoms with Crippen molar-refractivity contribution in [3.8, 4) is 11.5 Å². The second-order valence-electron chi connectivity index (χ2n) is 6.42. The molecule has 2 aliphatic rings. The van der Waals surface area contributed by atoms with Crippen LogP contribution in [0.3, 0.4) is 0 Å². The summed E-state index contributed by atoms with van der Waals surface area (Å²) in [5.41, 5.74) is 0.746. The number of halogens is 1. The first-order chi connectivity index (χ1) is 13.5. The van der Waals surface area contributed by atoms with Crippen LogP contribution in [0.25, 0.3) is 6.08 Å². The Kier molecular flexibility index (Phi) is 7.20. The van der Waals surface area contributed by atoms with Gasteiger partial charge in [0.1, 0.15) is 4.32 Å². The van der Waals surface area contributed by atoms with Gasteiger partial charge in [-0.2, -0.15) is 0 Å². The molecule has 6 nitrogen and oxygen atoms in total. The molecule has 3 rings (SSSR count). The molecule has 0 radical (unpaired) electrons. The fourth-order valence-electron chi connectivity index (χ4n) is 2.90. The van der Waals surface area contributed by atoms with Crippen LogP contribution in [0.4, 0.5) is 0 Å². The number of hydrogen-bond donors (Lipinski definition) is 1. The van der Waals surface area contributed by atoms with Crippen molar-refractivity contribution in [3.05, 3.63) is 27.6 Å². The monoisotopic (exact) mass is 441 g/mol. The number of carboxylic acid groups (broad SMARTS) is 1. The third-order valence-electron chi connectivity index (χ3n) is 4.27. The van der Waals surface area contributed by atoms with Crippen LogP contribution in [0.5, 0.6) is 11.5 Å². The number of hydrogen-bond acceptors (Lipinski definition) is 6. The fraction of sp³-hybridized carbons (Fsp3) is 0.421. The number of thioether (sulfide) groups is 1. The summed E-state index contributed by atoms with van der Waals surface area (Å²) in [7, 11) is 0. The number of carboxylic acids is 1. The van der Waals surface area contributed by atoms with Crippen LogP contribution in [-0.2, 0) is 9.59 Å². The third-order valence-corrected chi connectivity index (χ3v) is 5.93. The predicted molar refractivity (Wildman–Crippen MR) is 113 cm³/mol. The van der Waals surface area contributed by atoms with E-state index in [9.17, 15) is 9.59 Å². The quantitative estimate of drug-likeness (QED) is 0.383. The van der Waals surface area contributed by atoms with E-state index in [1.54, 1.807) is 17.0 Å². The van der Waals surface area contributed by atoms with Crippen molar-refractivity contribution in [1.29, 1.82) is 0 Å². The molecular formula is C19H20ClNO5S2. The molecule has 1 saturated heterocycles. The molecule has 1 fully saturated rings. The van der Waals surface area contributed by atoms with Gasteiger partial charge < -0.3 is 14.6 Å². The summed E-state index contributed by atoms with van der Waals surface area (Å²) in [6.07, 6.45) is 4.72. The van der Waals surface area contributed by atoms with E-state index in [2.05, 4.69) is 0 Å². The Morgan fingerprint density at radius 3 is 2.86 bits per heavy atom. The first-order valence-electron chi connectivity index (χ1n) is 9.02. The molecule has 28 heavy (non-hydrogen) atoms. The number of aliphatic carboxylic acids is 1. The Morgan fingerprint density at radius 1 is 1.29 bits per heavy atom. The first-order valence-corrected chi connectivity index (χ1v) is 10.6. The van der Waals surface area contributed by atoms with Crippen molar-refractivity contribution in [2.45, 2.75) is 32.1 Å². The Hall–Kier alpha value is -1.77. The summed E-state index contributed by atoms with van der Waals surface area (Å²) in [4.78, 5) is 25.3. The largest absolute Gasteiger partial charge is 0.489 e. The number of rotatable bonds is 7. The standard InChI is InChI=1S/C19H20ClNO5S2/c20-13-9-12(10-14-17(13)26-8-4-7-25-14)11-15-18(24)21(19(27)28-15)6-3-1-2-5-16(22)23/h9-11H,1-8H2,(H,22,23)/b15-11+. The van der Waals surface area contributed by atoms with Crippen molar-refractivity contribution in [1.82, 2.24) is 4.90 Å². The van der Waals surface area contributed by atoms with Gasteiger partial charge in [-0.25, -0.2) is 0 Å². The number of benzene rings is 1. The molecule has 9 heteroatoms. The lowest BCUT2D eigenvalue weighted by Gasteiger charge is -2.13. The fourth-order valence-corrected chi connectivity index (χ4v) is 4.48. The number of thiocarbonyl (C=S) groups is 1. The highest BCUT2D eigenvalue weighted by Gasteiger charge is 2.31. The van der Waals surface area contributed by atoms with Crippen LogP contribution < -0.4 is 9.47 Å². The Bertz CT molecular complexity index is 827. The smallest absolute Gasteiger partial charge is 0.303 e. The molecule has 0 unspecified atom stereocenters. The lowest BCUT2D eigenvalue weighted by Crippen LogP contribution is -2.29. The number of carbonyl (C=O) groups is 2. The van der Waals surface area contributed by atoms with Gasteiger partial charge in [0, 0.05) is 19.4 Å². The minimum Gasteiger partial charge on any atom is -0.489 e. The van der Waals surface area contributed by atoms with Crippen LogP contribution >= 0.6 is 35.6 Å². The van der Waals surface area contributed by atoms with E-state index in [4.69, 9.17) is 38.4 Å². The van der Waals surface area contributed by atoms with Crippen molar-refractivity contribution >= 4 is 57.9 Å². The van der Waals surface area contributed by atoms with Crippen LogP contribution in [0.2, 0.25) is 5.02 Å². The highest BCUT2D eigenvalue weighted by Crippen LogP contribution is 2.40. The number of ether oxygens (including phenoxy) is 2. The van der Waals surface area contributed by atoms with E-state index in [0.29, 0.717) is 58.3 Å². The van der Waals surface area contributed by atoms with E-state index in [-0.39, 0.29) is 12.3 Å². The van der Waals surface area contributed by atoms with Gasteiger partial charge in [0.05, 0.1) is 23.1 Å². The summed E-state index contributed by atoms with van der Waals surface area (Å²) in [6.45, 7) is 1.59. The summed E-state index contributed by atoms with van der Waals surface area (Å²) in [5, 5.41) is 9.11. The van der Waals surface area contributed by atoms with Gasteiger partial charge in [0.25, 0.3) is 5.91 Å². The van der Waals surface area contributed by atoms with Gasteiger partial charge in [-0.1, -0.05) is 42.0 Å². The lowest BCUT2D eigenvalue weighted by atomic mass is 10.1. The van der Waals surface area contributed by atoms with E-state index >= 15 is 0 Å². The topological polar surface area (TPSA) is 76.1 Å². The molecule has 0 aromatic heterocycles. The molecule has 0 bridgehead atoms. The van der Waals surface area contributed by atoms with Crippen molar-refractivity contribution in [3.63, 3.8) is 0 Å². The average molecular weight is 442 g/mol. The zero-order chi connectivity index (χ0) is 20.1. The SMILES string of the molecule is O=C(O)CCCCCN1C(=O)/C(=C\c2cc(Cl)c3c(c2)OCCCO3)SC1=S. The normalized spacial score (nSPS) is 17.9. The minimum absolute atomic E-state index is 0.142. The summed E-state index contributed by atoms with van der Waals surface area (Å²) < 4.78 is 11.8. The Morgan fingerprint density at radius 2 is 2.07 bits per heavy atom. The molecule has 1 aromatic rings. The molecule has 2 heterocycles. The number of unbranched alkanes of at least 4 members (excludes halogenated alkanes) is 2. The number of carbonyl (C=O) groups excluding carboxylic acids is 1. The number of amides is 1. The number of nitrogens with zero attached hydrogens (tertiary/aromatic N) is 1. The van der Waals surface area contributed by atoms with Gasteiger partial charge in [-0.15, -0.1) is 0 Å². The molecule has 0 aliphatic carbocycles. The maximum atomic E-state index is 12.7. The zero-order valence-corrected chi connectivity index (χ0v) is 17.5. The van der Waals surface area contributed by atoms with E-state index in [0.717, 1.165) is 18.4 Å². The highest BCUT2D eigenvalue weighted by molar-refractivity contribution is 8.26. The zero-order valence-electron chi connectivity index (χ0n) is 15.1. The highest BCUT2D eigenvalue weighted by atomic mass is 35.5. The predicted octanol–water partition coefficient (Wildman–Crippen LogP) is 4.35. The van der Waals surface area contributed by atoms with Crippen molar-refractivity contribution in [2.24, 2.45) is 0 Å². The lowest BCUT2D eigenvalue weighted by molar-refractivity contribution is -0.137. The van der Waals surface area contributed by atoms with Crippen LogP contribution in [0.1, 0.15) is 37.7 Å². The minimum atomic E-state index is -0.803. The van der Waals surface area contributed by atoms with Gasteiger partial charge in [0.2, 0.25) is 0 Å². The molecule has 0 atom stereocenters. The van der Waals surface area contributed by atoms with Crippen LogP contribution in [0.15, 0.2) is 17.0 Å². The van der Waals surface area contributed by atoms with Gasteiger partial charge in [-0.3, -0.25) is 14.5 Å². The summed E-state index contributed by atoms with van der Waals surface area (Å²) in [6, 6.07) is 3.55. The molecule has 1 amide bonds. The third kappa shape index (κ3) is 5.18. The maximum absolute atomic E-state index is 12.7. The van der Waals surface area contributed by atoms with Crippen molar-refractivity contribution < 1.29 is 24.2 Å². The molecule has 0 saturated carbocycles. The molecule has 150 valence electrons. The van der Waals surface area contributed by atoms with Gasteiger partial charge in [-0.05, 0) is 36.6 Å². The Labute approximate surface area is 177 Å². The molecule has 1 aromatic carbocycles. The summed E-state index contributed by atoms with van der Waals surface area (Å²) in [5.74, 6) is 0.161. The first kappa shape index (κ1) is 21.0. The number of fused-ring (bicyclic) bond motifs is 1. The van der Waals surface area contributed by atoms with Gasteiger partial charge >= 0.3 is 5.97 Å². The van der Waals surface area contributed by atoms with Crippen LogP contribution in [-0.4, -0.2) is 46.0 Å². The molecule has 0 spiro atoms.